The molecule has 1 saturated heterocycles. The van der Waals surface area contributed by atoms with E-state index in [0.29, 0.717) is 12.2 Å². The van der Waals surface area contributed by atoms with Crippen molar-refractivity contribution in [2.24, 2.45) is 0 Å². The van der Waals surface area contributed by atoms with Gasteiger partial charge >= 0.3 is 0 Å². The molecule has 4 rings (SSSR count). The van der Waals surface area contributed by atoms with Crippen LogP contribution in [0, 0.1) is 13.8 Å². The molecule has 1 amide bonds. The van der Waals surface area contributed by atoms with Crippen molar-refractivity contribution in [3.8, 4) is 0 Å². The molecule has 152 valence electrons. The largest absolute Gasteiger partial charge is 0.351 e. The summed E-state index contributed by atoms with van der Waals surface area (Å²) in [4.78, 5) is 29.0. The molecular formula is C22H28N6O. The van der Waals surface area contributed by atoms with E-state index in [1.807, 2.05) is 12.1 Å². The van der Waals surface area contributed by atoms with E-state index in [2.05, 4.69) is 56.0 Å². The van der Waals surface area contributed by atoms with Crippen molar-refractivity contribution >= 4 is 22.8 Å². The molecule has 1 aliphatic heterocycles. The second kappa shape index (κ2) is 8.61. The summed E-state index contributed by atoms with van der Waals surface area (Å²) in [7, 11) is 0. The number of aromatic amines is 1. The summed E-state index contributed by atoms with van der Waals surface area (Å²) in [5.41, 5.74) is 4.04. The van der Waals surface area contributed by atoms with Gasteiger partial charge in [0.25, 0.3) is 5.91 Å². The van der Waals surface area contributed by atoms with Gasteiger partial charge in [0.05, 0.1) is 0 Å². The van der Waals surface area contributed by atoms with Crippen LogP contribution in [0.5, 0.6) is 0 Å². The van der Waals surface area contributed by atoms with Crippen LogP contribution in [0.2, 0.25) is 0 Å². The Morgan fingerprint density at radius 3 is 2.62 bits per heavy atom. The molecule has 0 unspecified atom stereocenters. The Bertz CT molecular complexity index is 976. The summed E-state index contributed by atoms with van der Waals surface area (Å²) in [6, 6.07) is 8.01. The molecule has 0 aliphatic carbocycles. The van der Waals surface area contributed by atoms with Crippen LogP contribution in [-0.4, -0.2) is 65.0 Å². The first-order chi connectivity index (χ1) is 14.1. The maximum atomic E-state index is 12.5. The second-order valence-electron chi connectivity index (χ2n) is 7.71. The van der Waals surface area contributed by atoms with Crippen LogP contribution in [0.15, 0.2) is 36.7 Å². The lowest BCUT2D eigenvalue weighted by Crippen LogP contribution is -2.47. The van der Waals surface area contributed by atoms with Crippen molar-refractivity contribution in [1.29, 1.82) is 0 Å². The van der Waals surface area contributed by atoms with Gasteiger partial charge in [0, 0.05) is 56.0 Å². The molecule has 2 aromatic heterocycles. The SMILES string of the molecule is Cc1cc(C)c2cc(C(=O)NCCCN3CCN(c4ncccn4)CC3)[nH]c2c1. The van der Waals surface area contributed by atoms with Gasteiger partial charge in [-0.05, 0) is 56.1 Å². The number of H-pyrrole nitrogens is 1. The summed E-state index contributed by atoms with van der Waals surface area (Å²) in [5, 5.41) is 4.15. The molecule has 29 heavy (non-hydrogen) atoms. The molecule has 0 radical (unpaired) electrons. The van der Waals surface area contributed by atoms with E-state index in [1.165, 1.54) is 11.1 Å². The number of carbonyl (C=O) groups is 1. The number of carbonyl (C=O) groups excluding carboxylic acids is 1. The Morgan fingerprint density at radius 2 is 1.86 bits per heavy atom. The highest BCUT2D eigenvalue weighted by atomic mass is 16.1. The van der Waals surface area contributed by atoms with Crippen LogP contribution >= 0.6 is 0 Å². The van der Waals surface area contributed by atoms with Crippen LogP contribution in [0.3, 0.4) is 0 Å². The summed E-state index contributed by atoms with van der Waals surface area (Å²) in [6.45, 7) is 9.66. The number of hydrogen-bond acceptors (Lipinski definition) is 5. The van der Waals surface area contributed by atoms with Crippen molar-refractivity contribution < 1.29 is 4.79 Å². The van der Waals surface area contributed by atoms with Crippen LogP contribution in [0.4, 0.5) is 5.95 Å². The van der Waals surface area contributed by atoms with E-state index in [4.69, 9.17) is 0 Å². The van der Waals surface area contributed by atoms with Gasteiger partial charge in [0.15, 0.2) is 0 Å². The number of nitrogens with zero attached hydrogens (tertiary/aromatic N) is 4. The Labute approximate surface area is 171 Å². The van der Waals surface area contributed by atoms with E-state index in [0.717, 1.165) is 56.0 Å². The third kappa shape index (κ3) is 4.56. The monoisotopic (exact) mass is 392 g/mol. The zero-order valence-corrected chi connectivity index (χ0v) is 17.1. The molecule has 3 heterocycles. The van der Waals surface area contributed by atoms with Crippen LogP contribution in [0.1, 0.15) is 28.0 Å². The lowest BCUT2D eigenvalue weighted by Gasteiger charge is -2.34. The first-order valence-electron chi connectivity index (χ1n) is 10.2. The van der Waals surface area contributed by atoms with Gasteiger partial charge in [-0.25, -0.2) is 9.97 Å². The molecule has 0 atom stereocenters. The third-order valence-electron chi connectivity index (χ3n) is 5.48. The average molecular weight is 393 g/mol. The van der Waals surface area contributed by atoms with Gasteiger partial charge in [0.1, 0.15) is 5.69 Å². The van der Waals surface area contributed by atoms with Crippen LogP contribution in [-0.2, 0) is 0 Å². The second-order valence-corrected chi connectivity index (χ2v) is 7.71. The standard InChI is InChI=1S/C22H28N6O/c1-16-13-17(2)18-15-20(26-19(18)14-16)21(29)23-7-4-8-27-9-11-28(12-10-27)22-24-5-3-6-25-22/h3,5-6,13-15,26H,4,7-12H2,1-2H3,(H,23,29). The van der Waals surface area contributed by atoms with Gasteiger partial charge in [-0.2, -0.15) is 0 Å². The number of fused-ring (bicyclic) bond motifs is 1. The molecular weight excluding hydrogens is 364 g/mol. The molecule has 0 spiro atoms. The number of nitrogens with one attached hydrogen (secondary N) is 2. The van der Waals surface area contributed by atoms with E-state index in [9.17, 15) is 4.79 Å². The Morgan fingerprint density at radius 1 is 1.10 bits per heavy atom. The van der Waals surface area contributed by atoms with Gasteiger partial charge in [-0.15, -0.1) is 0 Å². The minimum Gasteiger partial charge on any atom is -0.351 e. The first kappa shape index (κ1) is 19.4. The number of aryl methyl sites for hydroxylation is 2. The van der Waals surface area contributed by atoms with E-state index < -0.39 is 0 Å². The predicted octanol–water partition coefficient (Wildman–Crippen LogP) is 2.52. The fraction of sp³-hybridized carbons (Fsp3) is 0.409. The van der Waals surface area contributed by atoms with Gasteiger partial charge in [-0.3, -0.25) is 9.69 Å². The van der Waals surface area contributed by atoms with E-state index >= 15 is 0 Å². The minimum absolute atomic E-state index is 0.0377. The van der Waals surface area contributed by atoms with Crippen molar-refractivity contribution in [1.82, 2.24) is 25.2 Å². The van der Waals surface area contributed by atoms with Gasteiger partial charge < -0.3 is 15.2 Å². The number of piperazine rings is 1. The number of benzene rings is 1. The highest BCUT2D eigenvalue weighted by Crippen LogP contribution is 2.21. The molecule has 3 aromatic rings. The minimum atomic E-state index is -0.0377. The smallest absolute Gasteiger partial charge is 0.267 e. The Hall–Kier alpha value is -2.93. The number of amides is 1. The predicted molar refractivity (Wildman–Crippen MR) is 115 cm³/mol. The average Bonchev–Trinajstić information content (AvgIpc) is 3.17. The fourth-order valence-electron chi connectivity index (χ4n) is 3.95. The molecule has 1 aliphatic rings. The third-order valence-corrected chi connectivity index (χ3v) is 5.48. The maximum Gasteiger partial charge on any atom is 0.267 e. The van der Waals surface area contributed by atoms with Crippen LogP contribution < -0.4 is 10.2 Å². The highest BCUT2D eigenvalue weighted by molar-refractivity contribution is 5.98. The van der Waals surface area contributed by atoms with Gasteiger partial charge in [-0.1, -0.05) is 6.07 Å². The topological polar surface area (TPSA) is 77.2 Å². The summed E-state index contributed by atoms with van der Waals surface area (Å²) in [6.07, 6.45) is 4.51. The number of aromatic nitrogens is 3. The van der Waals surface area contributed by atoms with E-state index in [-0.39, 0.29) is 5.91 Å². The molecule has 1 fully saturated rings. The number of anilines is 1. The quantitative estimate of drug-likeness (QED) is 0.631. The van der Waals surface area contributed by atoms with Crippen molar-refractivity contribution in [2.75, 3.05) is 44.2 Å². The molecule has 1 aromatic carbocycles. The van der Waals surface area contributed by atoms with Crippen LogP contribution in [0.25, 0.3) is 10.9 Å². The maximum absolute atomic E-state index is 12.5. The number of rotatable bonds is 6. The summed E-state index contributed by atoms with van der Waals surface area (Å²) < 4.78 is 0. The molecule has 7 heteroatoms. The zero-order chi connectivity index (χ0) is 20.2. The van der Waals surface area contributed by atoms with Crippen molar-refractivity contribution in [3.05, 3.63) is 53.5 Å². The summed E-state index contributed by atoms with van der Waals surface area (Å²) in [5.74, 6) is 0.771. The molecule has 7 nitrogen and oxygen atoms in total. The normalized spacial score (nSPS) is 15.0. The number of hydrogen-bond donors (Lipinski definition) is 2. The highest BCUT2D eigenvalue weighted by Gasteiger charge is 2.18. The van der Waals surface area contributed by atoms with Crippen molar-refractivity contribution in [2.45, 2.75) is 20.3 Å². The molecule has 0 saturated carbocycles. The van der Waals surface area contributed by atoms with E-state index in [1.54, 1.807) is 12.4 Å². The Kier molecular flexibility index (Phi) is 5.76. The van der Waals surface area contributed by atoms with Gasteiger partial charge in [0.2, 0.25) is 5.95 Å². The fourth-order valence-corrected chi connectivity index (χ4v) is 3.95. The Balaban J connectivity index is 1.21. The molecule has 2 N–H and O–H groups in total. The lowest BCUT2D eigenvalue weighted by atomic mass is 10.1. The lowest BCUT2D eigenvalue weighted by molar-refractivity contribution is 0.0947. The first-order valence-corrected chi connectivity index (χ1v) is 10.2. The van der Waals surface area contributed by atoms with Crippen molar-refractivity contribution in [3.63, 3.8) is 0 Å². The zero-order valence-electron chi connectivity index (χ0n) is 17.1. The summed E-state index contributed by atoms with van der Waals surface area (Å²) >= 11 is 0. The molecule has 0 bridgehead atoms.